The number of carbonyl (C=O) groups is 2. The number of para-hydroxylation sites is 3. The third-order valence-electron chi connectivity index (χ3n) is 7.36. The Morgan fingerprint density at radius 2 is 1.59 bits per heavy atom. The van der Waals surface area contributed by atoms with Crippen LogP contribution in [0.1, 0.15) is 41.6 Å². The van der Waals surface area contributed by atoms with Gasteiger partial charge in [-0.1, -0.05) is 54.6 Å². The Morgan fingerprint density at radius 3 is 2.32 bits per heavy atom. The number of ether oxygens (including phenoxy) is 2. The maximum absolute atomic E-state index is 14.0. The van der Waals surface area contributed by atoms with E-state index in [2.05, 4.69) is 5.32 Å². The molecular weight excluding hydrogens is 556 g/mol. The molecule has 0 bridgehead atoms. The maximum atomic E-state index is 14.0. The fourth-order valence-corrected chi connectivity index (χ4v) is 5.08. The van der Waals surface area contributed by atoms with Crippen molar-refractivity contribution in [1.29, 1.82) is 0 Å². The second-order valence-corrected chi connectivity index (χ2v) is 10.1. The molecule has 9 heteroatoms. The first-order valence-electron chi connectivity index (χ1n) is 14.4. The molecule has 0 aliphatic heterocycles. The molecule has 224 valence electrons. The zero-order chi connectivity index (χ0) is 31.1. The van der Waals surface area contributed by atoms with Crippen molar-refractivity contribution in [2.24, 2.45) is 0 Å². The minimum absolute atomic E-state index is 0.264. The summed E-state index contributed by atoms with van der Waals surface area (Å²) in [6.07, 6.45) is 0.576. The third kappa shape index (κ3) is 6.47. The van der Waals surface area contributed by atoms with Crippen LogP contribution in [0.3, 0.4) is 0 Å². The molecule has 0 spiro atoms. The van der Waals surface area contributed by atoms with E-state index in [0.717, 1.165) is 5.56 Å². The number of carbonyl (C=O) groups excluding carboxylic acids is 2. The van der Waals surface area contributed by atoms with Crippen LogP contribution < -0.4 is 15.6 Å². The van der Waals surface area contributed by atoms with Crippen LogP contribution in [0.2, 0.25) is 0 Å². The van der Waals surface area contributed by atoms with Crippen LogP contribution in [-0.2, 0) is 11.2 Å². The average Bonchev–Trinajstić information content (AvgIpc) is 3.05. The summed E-state index contributed by atoms with van der Waals surface area (Å²) < 4.78 is 12.2. The van der Waals surface area contributed by atoms with E-state index in [1.165, 1.54) is 4.57 Å². The standard InChI is InChI=1S/C35H34N4O5/c1-4-44-34(41)26-18-20-27(21-19-26)36-35(42)38(23-22-25-12-6-5-7-13-25)24(2)32-37-29-15-9-8-14-28(29)33(40)39(32)30-16-10-11-17-31(30)43-3/h5-21,24H,4,22-23H2,1-3H3,(H,36,42). The highest BCUT2D eigenvalue weighted by Gasteiger charge is 2.28. The largest absolute Gasteiger partial charge is 0.495 e. The molecule has 44 heavy (non-hydrogen) atoms. The molecule has 0 radical (unpaired) electrons. The Labute approximate surface area is 255 Å². The van der Waals surface area contributed by atoms with Gasteiger partial charge in [-0.2, -0.15) is 0 Å². The highest BCUT2D eigenvalue weighted by molar-refractivity contribution is 5.92. The van der Waals surface area contributed by atoms with Crippen molar-refractivity contribution >= 4 is 28.6 Å². The summed E-state index contributed by atoms with van der Waals surface area (Å²) in [5.74, 6) is 0.460. The molecule has 1 atom stereocenters. The van der Waals surface area contributed by atoms with Gasteiger partial charge in [-0.25, -0.2) is 14.6 Å². The number of anilines is 1. The molecular formula is C35H34N4O5. The minimum atomic E-state index is -0.639. The van der Waals surface area contributed by atoms with Gasteiger partial charge in [0.05, 0.1) is 41.9 Å². The Hall–Kier alpha value is -5.44. The number of amides is 2. The van der Waals surface area contributed by atoms with E-state index < -0.39 is 12.0 Å². The number of hydrogen-bond donors (Lipinski definition) is 1. The number of nitrogens with one attached hydrogen (secondary N) is 1. The topological polar surface area (TPSA) is 103 Å². The minimum Gasteiger partial charge on any atom is -0.495 e. The lowest BCUT2D eigenvalue weighted by molar-refractivity contribution is 0.0526. The number of aromatic nitrogens is 2. The van der Waals surface area contributed by atoms with E-state index in [1.807, 2.05) is 55.5 Å². The highest BCUT2D eigenvalue weighted by atomic mass is 16.5. The van der Waals surface area contributed by atoms with Gasteiger partial charge in [-0.3, -0.25) is 9.36 Å². The van der Waals surface area contributed by atoms with Crippen molar-refractivity contribution in [3.05, 3.63) is 130 Å². The van der Waals surface area contributed by atoms with Gasteiger partial charge in [0.2, 0.25) is 0 Å². The van der Waals surface area contributed by atoms with Gasteiger partial charge in [-0.15, -0.1) is 0 Å². The van der Waals surface area contributed by atoms with E-state index >= 15 is 0 Å². The summed E-state index contributed by atoms with van der Waals surface area (Å²) in [4.78, 5) is 46.7. The number of urea groups is 1. The first kappa shape index (κ1) is 30.0. The molecule has 2 amide bonds. The molecule has 5 rings (SSSR count). The number of esters is 1. The molecule has 9 nitrogen and oxygen atoms in total. The number of nitrogens with zero attached hydrogens (tertiary/aromatic N) is 3. The van der Waals surface area contributed by atoms with Crippen molar-refractivity contribution in [3.8, 4) is 11.4 Å². The van der Waals surface area contributed by atoms with Gasteiger partial charge in [0.1, 0.15) is 11.6 Å². The van der Waals surface area contributed by atoms with E-state index in [-0.39, 0.29) is 18.2 Å². The van der Waals surface area contributed by atoms with E-state index in [9.17, 15) is 14.4 Å². The molecule has 1 aromatic heterocycles. The molecule has 0 fully saturated rings. The number of fused-ring (bicyclic) bond motifs is 1. The molecule has 5 aromatic rings. The molecule has 0 saturated heterocycles. The van der Waals surface area contributed by atoms with E-state index in [0.29, 0.717) is 52.4 Å². The van der Waals surface area contributed by atoms with Crippen LogP contribution in [0.25, 0.3) is 16.6 Å². The molecule has 1 heterocycles. The summed E-state index contributed by atoms with van der Waals surface area (Å²) in [6, 6.07) is 29.8. The van der Waals surface area contributed by atoms with Crippen molar-refractivity contribution in [1.82, 2.24) is 14.5 Å². The number of hydrogen-bond acceptors (Lipinski definition) is 6. The zero-order valence-corrected chi connectivity index (χ0v) is 24.9. The normalized spacial score (nSPS) is 11.5. The molecule has 0 aliphatic rings. The summed E-state index contributed by atoms with van der Waals surface area (Å²) in [6.45, 7) is 4.22. The molecule has 0 aliphatic carbocycles. The Bertz CT molecular complexity index is 1820. The van der Waals surface area contributed by atoms with Crippen LogP contribution in [-0.4, -0.2) is 46.7 Å². The van der Waals surface area contributed by atoms with Crippen LogP contribution in [0, 0.1) is 0 Å². The predicted octanol–water partition coefficient (Wildman–Crippen LogP) is 6.41. The Morgan fingerprint density at radius 1 is 0.909 bits per heavy atom. The van der Waals surface area contributed by atoms with Gasteiger partial charge in [0.25, 0.3) is 5.56 Å². The SMILES string of the molecule is CCOC(=O)c1ccc(NC(=O)N(CCc2ccccc2)C(C)c2nc3ccccc3c(=O)n2-c2ccccc2OC)cc1. The number of rotatable bonds is 10. The zero-order valence-electron chi connectivity index (χ0n) is 24.9. The van der Waals surface area contributed by atoms with Crippen molar-refractivity contribution < 1.29 is 19.1 Å². The summed E-state index contributed by atoms with van der Waals surface area (Å²) >= 11 is 0. The molecule has 1 unspecified atom stereocenters. The smallest absolute Gasteiger partial charge is 0.338 e. The molecule has 4 aromatic carbocycles. The Balaban J connectivity index is 1.56. The monoisotopic (exact) mass is 590 g/mol. The number of methoxy groups -OCH3 is 1. The van der Waals surface area contributed by atoms with E-state index in [4.69, 9.17) is 14.5 Å². The maximum Gasteiger partial charge on any atom is 0.338 e. The molecule has 0 saturated carbocycles. The summed E-state index contributed by atoms with van der Waals surface area (Å²) in [7, 11) is 1.55. The van der Waals surface area contributed by atoms with Crippen LogP contribution >= 0.6 is 0 Å². The molecule has 1 N–H and O–H groups in total. The van der Waals surface area contributed by atoms with Gasteiger partial charge in [-0.05, 0) is 74.4 Å². The second-order valence-electron chi connectivity index (χ2n) is 10.1. The fraction of sp³-hybridized carbons (Fsp3) is 0.200. The fourth-order valence-electron chi connectivity index (χ4n) is 5.08. The number of benzene rings is 4. The lowest BCUT2D eigenvalue weighted by Crippen LogP contribution is -2.41. The van der Waals surface area contributed by atoms with Gasteiger partial charge in [0, 0.05) is 12.2 Å². The van der Waals surface area contributed by atoms with Gasteiger partial charge >= 0.3 is 12.0 Å². The van der Waals surface area contributed by atoms with E-state index in [1.54, 1.807) is 73.5 Å². The highest BCUT2D eigenvalue weighted by Crippen LogP contribution is 2.28. The van der Waals surface area contributed by atoms with Crippen molar-refractivity contribution in [3.63, 3.8) is 0 Å². The van der Waals surface area contributed by atoms with Crippen LogP contribution in [0.5, 0.6) is 5.75 Å². The van der Waals surface area contributed by atoms with Crippen molar-refractivity contribution in [2.45, 2.75) is 26.3 Å². The first-order valence-corrected chi connectivity index (χ1v) is 14.4. The van der Waals surface area contributed by atoms with Crippen LogP contribution in [0.15, 0.2) is 108 Å². The second kappa shape index (κ2) is 13.7. The first-order chi connectivity index (χ1) is 21.4. The predicted molar refractivity (Wildman–Crippen MR) is 171 cm³/mol. The van der Waals surface area contributed by atoms with Crippen molar-refractivity contribution in [2.75, 3.05) is 25.6 Å². The van der Waals surface area contributed by atoms with Crippen LogP contribution in [0.4, 0.5) is 10.5 Å². The van der Waals surface area contributed by atoms with Gasteiger partial charge in [0.15, 0.2) is 0 Å². The summed E-state index contributed by atoms with van der Waals surface area (Å²) in [5.41, 5.74) is 2.75. The lowest BCUT2D eigenvalue weighted by Gasteiger charge is -2.31. The van der Waals surface area contributed by atoms with Gasteiger partial charge < -0.3 is 19.7 Å². The lowest BCUT2D eigenvalue weighted by atomic mass is 10.1. The summed E-state index contributed by atoms with van der Waals surface area (Å²) in [5, 5.41) is 3.41. The Kier molecular flexibility index (Phi) is 9.34. The quantitative estimate of drug-likeness (QED) is 0.189. The third-order valence-corrected chi connectivity index (χ3v) is 7.36. The average molecular weight is 591 g/mol.